The summed E-state index contributed by atoms with van der Waals surface area (Å²) >= 11 is 0. The van der Waals surface area contributed by atoms with Gasteiger partial charge in [0.1, 0.15) is 17.1 Å². The van der Waals surface area contributed by atoms with Gasteiger partial charge in [0, 0.05) is 6.07 Å². The van der Waals surface area contributed by atoms with Crippen LogP contribution in [-0.4, -0.2) is 27.8 Å². The van der Waals surface area contributed by atoms with Gasteiger partial charge < -0.3 is 21.1 Å². The number of aryl methyl sites for hydroxylation is 1. The van der Waals surface area contributed by atoms with Crippen LogP contribution >= 0.6 is 0 Å². The fourth-order valence-corrected chi connectivity index (χ4v) is 1.29. The van der Waals surface area contributed by atoms with Gasteiger partial charge in [0.25, 0.3) is 0 Å². The molecule has 0 heterocycles. The van der Waals surface area contributed by atoms with Gasteiger partial charge in [-0.05, 0) is 31.0 Å². The van der Waals surface area contributed by atoms with Gasteiger partial charge in [0.2, 0.25) is 0 Å². The van der Waals surface area contributed by atoms with Crippen LogP contribution in [0.25, 0.3) is 0 Å². The average Bonchev–Trinajstić information content (AvgIpc) is 2.16. The third kappa shape index (κ3) is 2.60. The zero-order valence-corrected chi connectivity index (χ0v) is 8.10. The number of carbonyl (C=O) groups is 1. The summed E-state index contributed by atoms with van der Waals surface area (Å²) in [7, 11) is 0. The molecule has 0 saturated heterocycles. The number of hydrogen-bond acceptors (Lipinski definition) is 4. The van der Waals surface area contributed by atoms with E-state index in [-0.39, 0.29) is 11.3 Å². The normalized spacial score (nSPS) is 10.2. The Morgan fingerprint density at radius 3 is 2.47 bits per heavy atom. The van der Waals surface area contributed by atoms with E-state index in [4.69, 9.17) is 10.8 Å². The van der Waals surface area contributed by atoms with E-state index in [1.54, 1.807) is 0 Å². The Morgan fingerprint density at radius 1 is 1.27 bits per heavy atom. The van der Waals surface area contributed by atoms with Gasteiger partial charge in [0.05, 0.1) is 0 Å². The number of hydrogen-bond donors (Lipinski definition) is 4. The minimum Gasteiger partial charge on any atom is -0.508 e. The Kier molecular flexibility index (Phi) is 3.51. The number of carboxylic acid groups (broad SMARTS) is 1. The smallest absolute Gasteiger partial charge is 0.339 e. The monoisotopic (exact) mass is 211 g/mol. The average molecular weight is 211 g/mol. The standard InChI is InChI=1S/C10H13NO4/c11-3-1-2-6-4-7(10(14)15)9(13)5-8(6)12/h4-5,12-13H,1-3,11H2,(H,14,15). The third-order valence-electron chi connectivity index (χ3n) is 2.08. The van der Waals surface area contributed by atoms with Crippen molar-refractivity contribution >= 4 is 5.97 Å². The molecule has 0 atom stereocenters. The second-order valence-corrected chi connectivity index (χ2v) is 3.20. The van der Waals surface area contributed by atoms with Crippen molar-refractivity contribution in [1.29, 1.82) is 0 Å². The van der Waals surface area contributed by atoms with Gasteiger partial charge in [0.15, 0.2) is 0 Å². The first-order chi connectivity index (χ1) is 7.06. The quantitative estimate of drug-likeness (QED) is 0.586. The molecule has 0 spiro atoms. The fourth-order valence-electron chi connectivity index (χ4n) is 1.29. The van der Waals surface area contributed by atoms with E-state index in [9.17, 15) is 15.0 Å². The van der Waals surface area contributed by atoms with Gasteiger partial charge in [-0.25, -0.2) is 4.79 Å². The zero-order valence-electron chi connectivity index (χ0n) is 8.10. The summed E-state index contributed by atoms with van der Waals surface area (Å²) in [6, 6.07) is 2.30. The Hall–Kier alpha value is -1.75. The van der Waals surface area contributed by atoms with E-state index >= 15 is 0 Å². The zero-order chi connectivity index (χ0) is 11.4. The van der Waals surface area contributed by atoms with Crippen molar-refractivity contribution in [3.05, 3.63) is 23.3 Å². The highest BCUT2D eigenvalue weighted by Gasteiger charge is 2.13. The van der Waals surface area contributed by atoms with Crippen LogP contribution < -0.4 is 5.73 Å². The maximum atomic E-state index is 10.7. The summed E-state index contributed by atoms with van der Waals surface area (Å²) in [4.78, 5) is 10.7. The lowest BCUT2D eigenvalue weighted by atomic mass is 10.0. The van der Waals surface area contributed by atoms with Crippen LogP contribution in [0.15, 0.2) is 12.1 Å². The molecule has 0 aliphatic heterocycles. The topological polar surface area (TPSA) is 104 Å². The molecule has 1 aromatic carbocycles. The van der Waals surface area contributed by atoms with E-state index < -0.39 is 11.7 Å². The van der Waals surface area contributed by atoms with E-state index in [2.05, 4.69) is 0 Å². The van der Waals surface area contributed by atoms with Crippen molar-refractivity contribution in [2.24, 2.45) is 5.73 Å². The molecule has 1 aromatic rings. The van der Waals surface area contributed by atoms with Crippen LogP contribution in [0.5, 0.6) is 11.5 Å². The minimum absolute atomic E-state index is 0.106. The second kappa shape index (κ2) is 4.65. The number of benzene rings is 1. The van der Waals surface area contributed by atoms with Gasteiger partial charge in [-0.2, -0.15) is 0 Å². The van der Waals surface area contributed by atoms with Crippen molar-refractivity contribution in [2.45, 2.75) is 12.8 Å². The van der Waals surface area contributed by atoms with Crippen molar-refractivity contribution in [3.63, 3.8) is 0 Å². The number of nitrogens with two attached hydrogens (primary N) is 1. The molecule has 15 heavy (non-hydrogen) atoms. The number of phenols is 2. The maximum Gasteiger partial charge on any atom is 0.339 e. The molecule has 1 rings (SSSR count). The minimum atomic E-state index is -1.22. The van der Waals surface area contributed by atoms with Gasteiger partial charge in [-0.3, -0.25) is 0 Å². The Bertz CT molecular complexity index is 376. The largest absolute Gasteiger partial charge is 0.508 e. The van der Waals surface area contributed by atoms with Gasteiger partial charge >= 0.3 is 5.97 Å². The highest BCUT2D eigenvalue weighted by molar-refractivity contribution is 5.91. The van der Waals surface area contributed by atoms with E-state index in [0.29, 0.717) is 24.9 Å². The van der Waals surface area contributed by atoms with E-state index in [0.717, 1.165) is 6.07 Å². The Morgan fingerprint density at radius 2 is 1.93 bits per heavy atom. The molecule has 5 nitrogen and oxygen atoms in total. The highest BCUT2D eigenvalue weighted by atomic mass is 16.4. The lowest BCUT2D eigenvalue weighted by molar-refractivity contribution is 0.0693. The van der Waals surface area contributed by atoms with Crippen LogP contribution in [0.3, 0.4) is 0 Å². The molecule has 0 radical (unpaired) electrons. The Balaban J connectivity index is 3.06. The molecule has 0 unspecified atom stereocenters. The number of carboxylic acids is 1. The number of aromatic carboxylic acids is 1. The first kappa shape index (κ1) is 11.3. The molecule has 0 fully saturated rings. The van der Waals surface area contributed by atoms with Crippen LogP contribution in [0, 0.1) is 0 Å². The number of rotatable bonds is 4. The summed E-state index contributed by atoms with van der Waals surface area (Å²) in [5, 5.41) is 27.4. The first-order valence-electron chi connectivity index (χ1n) is 4.54. The van der Waals surface area contributed by atoms with Crippen LogP contribution in [0.2, 0.25) is 0 Å². The molecule has 0 aliphatic rings. The maximum absolute atomic E-state index is 10.7. The van der Waals surface area contributed by atoms with Crippen molar-refractivity contribution in [1.82, 2.24) is 0 Å². The van der Waals surface area contributed by atoms with E-state index in [1.165, 1.54) is 6.07 Å². The van der Waals surface area contributed by atoms with Gasteiger partial charge in [-0.1, -0.05) is 0 Å². The first-order valence-corrected chi connectivity index (χ1v) is 4.54. The summed E-state index contributed by atoms with van der Waals surface area (Å²) in [5.74, 6) is -1.76. The fraction of sp³-hybridized carbons (Fsp3) is 0.300. The molecule has 5 heteroatoms. The molecule has 0 amide bonds. The Labute approximate surface area is 86.8 Å². The third-order valence-corrected chi connectivity index (χ3v) is 2.08. The van der Waals surface area contributed by atoms with Crippen molar-refractivity contribution < 1.29 is 20.1 Å². The molecular formula is C10H13NO4. The second-order valence-electron chi connectivity index (χ2n) is 3.20. The molecule has 82 valence electrons. The van der Waals surface area contributed by atoms with Crippen LogP contribution in [0.1, 0.15) is 22.3 Å². The highest BCUT2D eigenvalue weighted by Crippen LogP contribution is 2.28. The van der Waals surface area contributed by atoms with Gasteiger partial charge in [-0.15, -0.1) is 0 Å². The molecular weight excluding hydrogens is 198 g/mol. The molecule has 5 N–H and O–H groups in total. The SMILES string of the molecule is NCCCc1cc(C(=O)O)c(O)cc1O. The molecule has 0 aliphatic carbocycles. The van der Waals surface area contributed by atoms with Crippen molar-refractivity contribution in [3.8, 4) is 11.5 Å². The van der Waals surface area contributed by atoms with E-state index in [1.807, 2.05) is 0 Å². The molecule has 0 aromatic heterocycles. The van der Waals surface area contributed by atoms with Crippen molar-refractivity contribution in [2.75, 3.05) is 6.54 Å². The number of aromatic hydroxyl groups is 2. The lowest BCUT2D eigenvalue weighted by Gasteiger charge is -2.06. The lowest BCUT2D eigenvalue weighted by Crippen LogP contribution is -2.02. The number of phenolic OH excluding ortho intramolecular Hbond substituents is 1. The summed E-state index contributed by atoms with van der Waals surface area (Å²) in [6.45, 7) is 0.461. The van der Waals surface area contributed by atoms with Crippen LogP contribution in [0.4, 0.5) is 0 Å². The predicted molar refractivity (Wildman–Crippen MR) is 54.1 cm³/mol. The molecule has 0 saturated carbocycles. The molecule has 0 bridgehead atoms. The summed E-state index contributed by atoms with van der Waals surface area (Å²) in [6.07, 6.45) is 1.14. The van der Waals surface area contributed by atoms with Crippen LogP contribution in [-0.2, 0) is 6.42 Å². The summed E-state index contributed by atoms with van der Waals surface area (Å²) in [5.41, 5.74) is 5.58. The predicted octanol–water partition coefficient (Wildman–Crippen LogP) is 0.687. The summed E-state index contributed by atoms with van der Waals surface area (Å²) < 4.78 is 0.